The molecule has 0 aliphatic heterocycles. The average Bonchev–Trinajstić information content (AvgIpc) is 2.22. The van der Waals surface area contributed by atoms with E-state index in [1.165, 1.54) is 11.1 Å². The van der Waals surface area contributed by atoms with Gasteiger partial charge in [-0.15, -0.1) is 0 Å². The van der Waals surface area contributed by atoms with E-state index >= 15 is 0 Å². The fraction of sp³-hybridized carbons (Fsp3) is 0.250. The lowest BCUT2D eigenvalue weighted by Gasteiger charge is -1.84. The second-order valence-corrected chi connectivity index (χ2v) is 2.49. The molecule has 1 nitrogen and oxygen atoms in total. The van der Waals surface area contributed by atoms with E-state index in [4.69, 9.17) is 4.42 Å². The standard InChI is InChI=1S/C8H8O/c1-5-3-7-4-6(2)8(5)9-7/h3-4H,1-2H3. The van der Waals surface area contributed by atoms with E-state index in [-0.39, 0.29) is 0 Å². The van der Waals surface area contributed by atoms with Gasteiger partial charge in [0.2, 0.25) is 0 Å². The maximum Gasteiger partial charge on any atom is 0.133 e. The third kappa shape index (κ3) is 0.489. The highest BCUT2D eigenvalue weighted by atomic mass is 16.3. The smallest absolute Gasteiger partial charge is 0.133 e. The van der Waals surface area contributed by atoms with Gasteiger partial charge in [-0.1, -0.05) is 0 Å². The Kier molecular flexibility index (Phi) is 0.699. The number of aryl methyl sites for hydroxylation is 2. The van der Waals surface area contributed by atoms with Gasteiger partial charge in [0.05, 0.1) is 0 Å². The van der Waals surface area contributed by atoms with E-state index in [0.717, 1.165) is 11.2 Å². The van der Waals surface area contributed by atoms with Crippen molar-refractivity contribution >= 4 is 11.2 Å². The molecule has 0 aliphatic rings. The highest BCUT2D eigenvalue weighted by Crippen LogP contribution is 2.25. The Balaban J connectivity index is 2.96. The molecule has 0 saturated carbocycles. The first-order chi connectivity index (χ1) is 4.27. The van der Waals surface area contributed by atoms with Crippen LogP contribution in [0, 0.1) is 13.8 Å². The van der Waals surface area contributed by atoms with Crippen LogP contribution in [0.25, 0.3) is 11.2 Å². The van der Waals surface area contributed by atoms with Gasteiger partial charge >= 0.3 is 0 Å². The summed E-state index contributed by atoms with van der Waals surface area (Å²) in [6.45, 7) is 4.14. The Bertz CT molecular complexity index is 293. The lowest BCUT2D eigenvalue weighted by atomic mass is 10.2. The predicted molar refractivity (Wildman–Crippen MR) is 36.9 cm³/mol. The molecule has 2 heterocycles. The summed E-state index contributed by atoms with van der Waals surface area (Å²) >= 11 is 0. The second-order valence-electron chi connectivity index (χ2n) is 2.49. The van der Waals surface area contributed by atoms with E-state index in [2.05, 4.69) is 26.0 Å². The van der Waals surface area contributed by atoms with Crippen LogP contribution in [0.3, 0.4) is 0 Å². The van der Waals surface area contributed by atoms with Crippen molar-refractivity contribution in [3.05, 3.63) is 23.3 Å². The SMILES string of the molecule is Cc1cc2cc(C)c1o2. The first kappa shape index (κ1) is 4.86. The average molecular weight is 120 g/mol. The Labute approximate surface area is 53.6 Å². The molecule has 0 aliphatic carbocycles. The number of benzene rings is 1. The zero-order valence-corrected chi connectivity index (χ0v) is 5.56. The largest absolute Gasteiger partial charge is 0.457 e. The van der Waals surface area contributed by atoms with E-state index in [1.54, 1.807) is 0 Å². The van der Waals surface area contributed by atoms with Crippen molar-refractivity contribution < 1.29 is 4.42 Å². The molecule has 2 rings (SSSR count). The summed E-state index contributed by atoms with van der Waals surface area (Å²) in [6, 6.07) is 4.12. The highest BCUT2D eigenvalue weighted by Gasteiger charge is 2.05. The summed E-state index contributed by atoms with van der Waals surface area (Å²) in [5.74, 6) is 0. The summed E-state index contributed by atoms with van der Waals surface area (Å²) in [7, 11) is 0. The topological polar surface area (TPSA) is 13.1 Å². The fourth-order valence-electron chi connectivity index (χ4n) is 1.25. The molecule has 1 heteroatoms. The number of fused-ring (bicyclic) bond motifs is 2. The summed E-state index contributed by atoms with van der Waals surface area (Å²) in [6.07, 6.45) is 0. The van der Waals surface area contributed by atoms with Gasteiger partial charge in [0.25, 0.3) is 0 Å². The second kappa shape index (κ2) is 1.29. The summed E-state index contributed by atoms with van der Waals surface area (Å²) in [5, 5.41) is 0. The molecular weight excluding hydrogens is 112 g/mol. The molecule has 0 amide bonds. The van der Waals surface area contributed by atoms with Crippen molar-refractivity contribution in [1.29, 1.82) is 0 Å². The quantitative estimate of drug-likeness (QED) is 0.520. The molecule has 0 spiro atoms. The Morgan fingerprint density at radius 3 is 1.89 bits per heavy atom. The van der Waals surface area contributed by atoms with Gasteiger partial charge in [0, 0.05) is 0 Å². The van der Waals surface area contributed by atoms with Crippen LogP contribution in [0.4, 0.5) is 0 Å². The van der Waals surface area contributed by atoms with E-state index in [0.29, 0.717) is 0 Å². The first-order valence-corrected chi connectivity index (χ1v) is 3.06. The van der Waals surface area contributed by atoms with E-state index in [9.17, 15) is 0 Å². The number of rotatable bonds is 0. The van der Waals surface area contributed by atoms with Crippen LogP contribution in [0.5, 0.6) is 0 Å². The lowest BCUT2D eigenvalue weighted by molar-refractivity contribution is 0.672. The minimum atomic E-state index is 1.00. The lowest BCUT2D eigenvalue weighted by Crippen LogP contribution is -1.69. The predicted octanol–water partition coefficient (Wildman–Crippen LogP) is 2.49. The molecule has 0 aromatic carbocycles. The van der Waals surface area contributed by atoms with Gasteiger partial charge in [0.1, 0.15) is 11.2 Å². The molecule has 0 fully saturated rings. The monoisotopic (exact) mass is 120 g/mol. The minimum absolute atomic E-state index is 1.00. The Morgan fingerprint density at radius 1 is 1.11 bits per heavy atom. The number of hydrogen-bond acceptors (Lipinski definition) is 1. The molecule has 0 atom stereocenters. The molecular formula is C8H8O. The highest BCUT2D eigenvalue weighted by molar-refractivity contribution is 5.70. The third-order valence-corrected chi connectivity index (χ3v) is 1.65. The zero-order valence-electron chi connectivity index (χ0n) is 5.56. The van der Waals surface area contributed by atoms with Gasteiger partial charge in [-0.05, 0) is 37.1 Å². The van der Waals surface area contributed by atoms with Crippen LogP contribution >= 0.6 is 0 Å². The zero-order chi connectivity index (χ0) is 6.43. The van der Waals surface area contributed by atoms with Crippen LogP contribution < -0.4 is 0 Å². The van der Waals surface area contributed by atoms with E-state index < -0.39 is 0 Å². The Hall–Kier alpha value is -0.980. The number of hydrogen-bond donors (Lipinski definition) is 0. The molecule has 2 aromatic heterocycles. The van der Waals surface area contributed by atoms with Gasteiger partial charge in [-0.3, -0.25) is 0 Å². The molecule has 0 saturated heterocycles. The van der Waals surface area contributed by atoms with Crippen molar-refractivity contribution in [2.45, 2.75) is 13.8 Å². The van der Waals surface area contributed by atoms with Crippen LogP contribution in [-0.2, 0) is 0 Å². The summed E-state index contributed by atoms with van der Waals surface area (Å²) in [4.78, 5) is 0. The van der Waals surface area contributed by atoms with E-state index in [1.807, 2.05) is 0 Å². The molecule has 0 radical (unpaired) electrons. The maximum absolute atomic E-state index is 5.34. The normalized spacial score (nSPS) is 11.3. The van der Waals surface area contributed by atoms with Gasteiger partial charge < -0.3 is 4.42 Å². The maximum atomic E-state index is 5.34. The fourth-order valence-corrected chi connectivity index (χ4v) is 1.25. The molecule has 0 unspecified atom stereocenters. The molecule has 2 bridgehead atoms. The van der Waals surface area contributed by atoms with Crippen molar-refractivity contribution in [3.63, 3.8) is 0 Å². The molecule has 9 heavy (non-hydrogen) atoms. The molecule has 0 N–H and O–H groups in total. The molecule has 2 aromatic rings. The summed E-state index contributed by atoms with van der Waals surface area (Å²) < 4.78 is 5.34. The summed E-state index contributed by atoms with van der Waals surface area (Å²) in [5.41, 5.74) is 4.57. The minimum Gasteiger partial charge on any atom is -0.457 e. The van der Waals surface area contributed by atoms with Crippen molar-refractivity contribution in [3.8, 4) is 0 Å². The number of furan rings is 2. The van der Waals surface area contributed by atoms with Crippen molar-refractivity contribution in [2.24, 2.45) is 0 Å². The third-order valence-electron chi connectivity index (χ3n) is 1.65. The van der Waals surface area contributed by atoms with Crippen LogP contribution in [0.2, 0.25) is 0 Å². The Morgan fingerprint density at radius 2 is 1.67 bits per heavy atom. The van der Waals surface area contributed by atoms with Gasteiger partial charge in [0.15, 0.2) is 0 Å². The van der Waals surface area contributed by atoms with Gasteiger partial charge in [-0.2, -0.15) is 0 Å². The first-order valence-electron chi connectivity index (χ1n) is 3.06. The van der Waals surface area contributed by atoms with Crippen molar-refractivity contribution in [1.82, 2.24) is 0 Å². The van der Waals surface area contributed by atoms with Crippen LogP contribution in [0.15, 0.2) is 16.5 Å². The van der Waals surface area contributed by atoms with Gasteiger partial charge in [-0.25, -0.2) is 0 Å². The van der Waals surface area contributed by atoms with Crippen LogP contribution in [-0.4, -0.2) is 0 Å². The molecule has 46 valence electrons. The van der Waals surface area contributed by atoms with Crippen molar-refractivity contribution in [2.75, 3.05) is 0 Å². The van der Waals surface area contributed by atoms with Crippen LogP contribution in [0.1, 0.15) is 11.1 Å².